The average Bonchev–Trinajstić information content (AvgIpc) is 2.84. The number of hydrogen-bond donors (Lipinski definition) is 1. The molecule has 0 spiro atoms. The predicted molar refractivity (Wildman–Crippen MR) is 131 cm³/mol. The highest BCUT2D eigenvalue weighted by atomic mass is 32.2. The van der Waals surface area contributed by atoms with Crippen molar-refractivity contribution in [2.75, 3.05) is 21.9 Å². The van der Waals surface area contributed by atoms with Crippen LogP contribution in [-0.4, -0.2) is 32.4 Å². The Balaban J connectivity index is 0.00000126. The quantitative estimate of drug-likeness (QED) is 0.436. The van der Waals surface area contributed by atoms with Gasteiger partial charge in [-0.25, -0.2) is 13.6 Å². The number of aromatic nitrogens is 2. The highest BCUT2D eigenvalue weighted by molar-refractivity contribution is 7.88. The normalized spacial score (nSPS) is 14.7. The van der Waals surface area contributed by atoms with Gasteiger partial charge in [-0.15, -0.1) is 13.2 Å². The topological polar surface area (TPSA) is 75.2 Å². The molecule has 8 heteroatoms. The number of hydrogen-bond acceptors (Lipinski definition) is 4. The summed E-state index contributed by atoms with van der Waals surface area (Å²) in [5.74, 6) is -0.633. The Hall–Kier alpha value is -3.91. The second-order valence-electron chi connectivity index (χ2n) is 7.09. The van der Waals surface area contributed by atoms with Gasteiger partial charge in [-0.05, 0) is 48.5 Å². The van der Waals surface area contributed by atoms with Crippen LogP contribution in [0.5, 0.6) is 0 Å². The van der Waals surface area contributed by atoms with Gasteiger partial charge in [-0.1, -0.05) is 12.1 Å². The minimum atomic E-state index is -1.11. The van der Waals surface area contributed by atoms with Crippen molar-refractivity contribution in [2.45, 2.75) is 0 Å². The minimum absolute atomic E-state index is 0.0724. The lowest BCUT2D eigenvalue weighted by molar-refractivity contribution is 0.102. The zero-order chi connectivity index (χ0) is 23.4. The molecule has 1 saturated heterocycles. The summed E-state index contributed by atoms with van der Waals surface area (Å²) in [5.41, 5.74) is 3.38. The van der Waals surface area contributed by atoms with Gasteiger partial charge in [0.2, 0.25) is 0 Å². The molecule has 0 bridgehead atoms. The summed E-state index contributed by atoms with van der Waals surface area (Å²) in [6.07, 6.45) is 3.44. The van der Waals surface area contributed by atoms with Crippen molar-refractivity contribution in [2.24, 2.45) is 0 Å². The van der Waals surface area contributed by atoms with Crippen molar-refractivity contribution in [3.63, 3.8) is 0 Å². The molecule has 1 aliphatic rings. The zero-order valence-electron chi connectivity index (χ0n) is 17.7. The standard InChI is InChI=1S/C23H17FN4O2S.C2H4/c24-20-13-18(28-10-11-31(28)30)5-6-19(20)23(29)26-17-3-1-2-15(12-17)21-7-4-16-14-25-9-8-22(16)27-21;1-2/h1-9,12-14H,10-11H2,(H,26,29);1-2H2. The van der Waals surface area contributed by atoms with Gasteiger partial charge in [0, 0.05) is 35.6 Å². The van der Waals surface area contributed by atoms with E-state index in [-0.39, 0.29) is 5.56 Å². The Labute approximate surface area is 193 Å². The van der Waals surface area contributed by atoms with Gasteiger partial charge in [-0.2, -0.15) is 0 Å². The van der Waals surface area contributed by atoms with E-state index in [2.05, 4.69) is 28.4 Å². The van der Waals surface area contributed by atoms with E-state index in [4.69, 9.17) is 0 Å². The van der Waals surface area contributed by atoms with Crippen LogP contribution in [0.15, 0.2) is 86.2 Å². The van der Waals surface area contributed by atoms with Gasteiger partial charge in [0.15, 0.2) is 0 Å². The van der Waals surface area contributed by atoms with Crippen LogP contribution in [0.3, 0.4) is 0 Å². The van der Waals surface area contributed by atoms with Crippen LogP contribution in [0, 0.1) is 5.82 Å². The van der Waals surface area contributed by atoms with Crippen molar-refractivity contribution in [3.05, 3.63) is 97.6 Å². The first-order valence-electron chi connectivity index (χ1n) is 10.2. The summed E-state index contributed by atoms with van der Waals surface area (Å²) in [4.78, 5) is 21.4. The summed E-state index contributed by atoms with van der Waals surface area (Å²) < 4.78 is 27.8. The number of halogens is 1. The van der Waals surface area contributed by atoms with Gasteiger partial charge >= 0.3 is 0 Å². The van der Waals surface area contributed by atoms with Crippen molar-refractivity contribution >= 4 is 39.2 Å². The monoisotopic (exact) mass is 460 g/mol. The van der Waals surface area contributed by atoms with Crippen molar-refractivity contribution in [3.8, 4) is 11.3 Å². The number of fused-ring (bicyclic) bond motifs is 1. The van der Waals surface area contributed by atoms with Crippen molar-refractivity contribution < 1.29 is 13.4 Å². The molecular weight excluding hydrogens is 439 g/mol. The molecule has 0 aliphatic carbocycles. The molecule has 4 aromatic rings. The van der Waals surface area contributed by atoms with Crippen LogP contribution in [0.25, 0.3) is 22.2 Å². The molecule has 166 valence electrons. The number of benzene rings is 2. The smallest absolute Gasteiger partial charge is 0.258 e. The summed E-state index contributed by atoms with van der Waals surface area (Å²) >= 11 is 0. The maximum Gasteiger partial charge on any atom is 0.258 e. The fraction of sp³-hybridized carbons (Fsp3) is 0.0800. The Kier molecular flexibility index (Phi) is 6.55. The van der Waals surface area contributed by atoms with Gasteiger partial charge in [0.25, 0.3) is 5.91 Å². The van der Waals surface area contributed by atoms with Gasteiger partial charge in [-0.3, -0.25) is 14.1 Å². The SMILES string of the molecule is C=C.O=C(Nc1cccc(-c2ccc3cnccc3n2)c1)c1ccc(N2CCS2=O)cc1F. The first-order valence-corrected chi connectivity index (χ1v) is 11.4. The Morgan fingerprint density at radius 2 is 1.94 bits per heavy atom. The molecular formula is C25H21FN4O2S. The van der Waals surface area contributed by atoms with Crippen LogP contribution < -0.4 is 9.62 Å². The van der Waals surface area contributed by atoms with E-state index in [0.29, 0.717) is 23.7 Å². The molecule has 1 unspecified atom stereocenters. The lowest BCUT2D eigenvalue weighted by Crippen LogP contribution is -2.42. The molecule has 0 saturated carbocycles. The number of rotatable bonds is 4. The summed E-state index contributed by atoms with van der Waals surface area (Å²) in [6, 6.07) is 17.2. The molecule has 1 fully saturated rings. The number of nitrogens with one attached hydrogen (secondary N) is 1. The Bertz CT molecular complexity index is 1360. The average molecular weight is 461 g/mol. The van der Waals surface area contributed by atoms with Crippen LogP contribution in [0.2, 0.25) is 0 Å². The summed E-state index contributed by atoms with van der Waals surface area (Å²) in [5, 5.41) is 3.68. The van der Waals surface area contributed by atoms with Crippen molar-refractivity contribution in [1.82, 2.24) is 9.97 Å². The van der Waals surface area contributed by atoms with Gasteiger partial charge < -0.3 is 5.32 Å². The molecule has 2 aromatic carbocycles. The van der Waals surface area contributed by atoms with Gasteiger partial charge in [0.1, 0.15) is 16.8 Å². The number of carbonyl (C=O) groups excluding carboxylic acids is 1. The first-order chi connectivity index (χ1) is 16.1. The van der Waals surface area contributed by atoms with Crippen molar-refractivity contribution in [1.29, 1.82) is 0 Å². The Morgan fingerprint density at radius 3 is 2.67 bits per heavy atom. The third kappa shape index (κ3) is 4.65. The van der Waals surface area contributed by atoms with Crippen LogP contribution in [-0.2, 0) is 11.0 Å². The summed E-state index contributed by atoms with van der Waals surface area (Å²) in [7, 11) is -1.11. The van der Waals surface area contributed by atoms with E-state index in [1.54, 1.807) is 34.9 Å². The molecule has 1 aliphatic heterocycles. The van der Waals surface area contributed by atoms with Crippen LogP contribution in [0.1, 0.15) is 10.4 Å². The van der Waals surface area contributed by atoms with E-state index in [1.807, 2.05) is 30.3 Å². The highest BCUT2D eigenvalue weighted by Crippen LogP contribution is 2.26. The molecule has 2 aromatic heterocycles. The third-order valence-electron chi connectivity index (χ3n) is 5.11. The van der Waals surface area contributed by atoms with E-state index < -0.39 is 22.7 Å². The molecule has 5 rings (SSSR count). The van der Waals surface area contributed by atoms with E-state index >= 15 is 0 Å². The number of nitrogens with zero attached hydrogens (tertiary/aromatic N) is 3. The zero-order valence-corrected chi connectivity index (χ0v) is 18.5. The van der Waals surface area contributed by atoms with E-state index in [9.17, 15) is 13.4 Å². The number of pyridine rings is 2. The molecule has 6 nitrogen and oxygen atoms in total. The second kappa shape index (κ2) is 9.70. The second-order valence-corrected chi connectivity index (χ2v) is 8.58. The third-order valence-corrected chi connectivity index (χ3v) is 6.52. The van der Waals surface area contributed by atoms with Gasteiger partial charge in [0.05, 0.1) is 28.2 Å². The lowest BCUT2D eigenvalue weighted by Gasteiger charge is -2.31. The maximum absolute atomic E-state index is 14.5. The molecule has 3 heterocycles. The van der Waals surface area contributed by atoms with E-state index in [0.717, 1.165) is 22.2 Å². The highest BCUT2D eigenvalue weighted by Gasteiger charge is 2.25. The van der Waals surface area contributed by atoms with Crippen LogP contribution in [0.4, 0.5) is 15.8 Å². The van der Waals surface area contributed by atoms with E-state index in [1.165, 1.54) is 12.1 Å². The molecule has 1 amide bonds. The lowest BCUT2D eigenvalue weighted by atomic mass is 10.1. The maximum atomic E-state index is 14.5. The minimum Gasteiger partial charge on any atom is -0.322 e. The molecule has 1 atom stereocenters. The molecule has 33 heavy (non-hydrogen) atoms. The number of anilines is 2. The van der Waals surface area contributed by atoms with Crippen LogP contribution >= 0.6 is 0 Å². The largest absolute Gasteiger partial charge is 0.322 e. The predicted octanol–water partition coefficient (Wildman–Crippen LogP) is 4.97. The number of amides is 1. The Morgan fingerprint density at radius 1 is 1.09 bits per heavy atom. The molecule has 1 N–H and O–H groups in total. The fourth-order valence-corrected chi connectivity index (χ4v) is 4.29. The molecule has 0 radical (unpaired) electrons. The first kappa shape index (κ1) is 22.3. The summed E-state index contributed by atoms with van der Waals surface area (Å²) in [6.45, 7) is 6.61. The fourth-order valence-electron chi connectivity index (χ4n) is 3.43. The number of carbonyl (C=O) groups is 1.